The highest BCUT2D eigenvalue weighted by Crippen LogP contribution is 2.27. The topological polar surface area (TPSA) is 84.5 Å². The molecule has 0 heterocycles. The molecule has 6 nitrogen and oxygen atoms in total. The summed E-state index contributed by atoms with van der Waals surface area (Å²) in [4.78, 5) is 12.1. The third-order valence-corrected chi connectivity index (χ3v) is 5.57. The van der Waals surface area contributed by atoms with Crippen molar-refractivity contribution in [3.63, 3.8) is 0 Å². The number of sulfonamides is 1. The molecule has 0 aliphatic carbocycles. The Kier molecular flexibility index (Phi) is 6.88. The number of ether oxygens (including phenoxy) is 1. The summed E-state index contributed by atoms with van der Waals surface area (Å²) in [5.74, 6) is -0.333. The summed E-state index contributed by atoms with van der Waals surface area (Å²) >= 11 is 11.7. The quantitative estimate of drug-likeness (QED) is 0.726. The molecule has 0 radical (unpaired) electrons. The van der Waals surface area contributed by atoms with E-state index >= 15 is 0 Å². The van der Waals surface area contributed by atoms with Gasteiger partial charge in [0.25, 0.3) is 0 Å². The van der Waals surface area contributed by atoms with Gasteiger partial charge in [0, 0.05) is 16.6 Å². The fraction of sp³-hybridized carbons (Fsp3) is 0.235. The lowest BCUT2D eigenvalue weighted by atomic mass is 10.2. The molecule has 2 aromatic carbocycles. The Balaban J connectivity index is 2.05. The second-order valence-corrected chi connectivity index (χ2v) is 8.04. The maximum absolute atomic E-state index is 12.5. The van der Waals surface area contributed by atoms with Gasteiger partial charge in [-0.2, -0.15) is 4.72 Å². The van der Waals surface area contributed by atoms with Crippen molar-refractivity contribution >= 4 is 39.1 Å². The predicted molar refractivity (Wildman–Crippen MR) is 101 cm³/mol. The Morgan fingerprint density at radius 2 is 1.73 bits per heavy atom. The van der Waals surface area contributed by atoms with E-state index in [4.69, 9.17) is 27.9 Å². The van der Waals surface area contributed by atoms with Gasteiger partial charge in [-0.15, -0.1) is 0 Å². The molecule has 1 atom stereocenters. The largest absolute Gasteiger partial charge is 0.495 e. The van der Waals surface area contributed by atoms with Gasteiger partial charge in [-0.3, -0.25) is 4.79 Å². The van der Waals surface area contributed by atoms with E-state index in [2.05, 4.69) is 10.0 Å². The van der Waals surface area contributed by atoms with Gasteiger partial charge >= 0.3 is 0 Å². The Labute approximate surface area is 162 Å². The molecular weight excluding hydrogens is 399 g/mol. The monoisotopic (exact) mass is 416 g/mol. The summed E-state index contributed by atoms with van der Waals surface area (Å²) in [7, 11) is -2.64. The van der Waals surface area contributed by atoms with E-state index in [1.165, 1.54) is 32.2 Å². The first kappa shape index (κ1) is 20.5. The first-order chi connectivity index (χ1) is 12.2. The van der Waals surface area contributed by atoms with E-state index in [0.29, 0.717) is 5.02 Å². The van der Waals surface area contributed by atoms with Crippen molar-refractivity contribution < 1.29 is 17.9 Å². The lowest BCUT2D eigenvalue weighted by Crippen LogP contribution is -2.44. The minimum Gasteiger partial charge on any atom is -0.495 e. The molecule has 0 saturated heterocycles. The van der Waals surface area contributed by atoms with Crippen molar-refractivity contribution in [2.45, 2.75) is 24.4 Å². The van der Waals surface area contributed by atoms with E-state index in [9.17, 15) is 13.2 Å². The van der Waals surface area contributed by atoms with Crippen molar-refractivity contribution in [2.24, 2.45) is 0 Å². The van der Waals surface area contributed by atoms with Gasteiger partial charge in [0.2, 0.25) is 15.9 Å². The van der Waals surface area contributed by atoms with E-state index in [1.54, 1.807) is 24.3 Å². The zero-order valence-electron chi connectivity index (χ0n) is 14.1. The van der Waals surface area contributed by atoms with Gasteiger partial charge in [0.15, 0.2) is 0 Å². The molecule has 2 rings (SSSR count). The van der Waals surface area contributed by atoms with E-state index in [1.807, 2.05) is 0 Å². The van der Waals surface area contributed by atoms with Crippen LogP contribution in [0.3, 0.4) is 0 Å². The Morgan fingerprint density at radius 1 is 1.12 bits per heavy atom. The Morgan fingerprint density at radius 3 is 2.35 bits per heavy atom. The number of carbonyl (C=O) groups excluding carboxylic acids is 1. The molecule has 2 aromatic rings. The van der Waals surface area contributed by atoms with Crippen LogP contribution in [0.25, 0.3) is 0 Å². The average molecular weight is 417 g/mol. The van der Waals surface area contributed by atoms with Gasteiger partial charge < -0.3 is 10.1 Å². The smallest absolute Gasteiger partial charge is 0.245 e. The first-order valence-corrected chi connectivity index (χ1v) is 9.85. The molecule has 0 saturated carbocycles. The second-order valence-electron chi connectivity index (χ2n) is 5.48. The van der Waals surface area contributed by atoms with Crippen LogP contribution in [0.5, 0.6) is 5.75 Å². The van der Waals surface area contributed by atoms with Crippen LogP contribution in [0.2, 0.25) is 10.0 Å². The third kappa shape index (κ3) is 5.35. The minimum absolute atomic E-state index is 0.134. The number of carbonyl (C=O) groups is 1. The van der Waals surface area contributed by atoms with Crippen molar-refractivity contribution in [1.29, 1.82) is 0 Å². The molecule has 9 heteroatoms. The summed E-state index contributed by atoms with van der Waals surface area (Å²) in [6, 6.07) is 10.2. The Bertz CT molecular complexity index is 886. The van der Waals surface area contributed by atoms with Gasteiger partial charge in [-0.1, -0.05) is 35.3 Å². The Hall–Kier alpha value is -1.80. The fourth-order valence-electron chi connectivity index (χ4n) is 2.15. The number of rotatable bonds is 7. The molecule has 0 aliphatic heterocycles. The van der Waals surface area contributed by atoms with Crippen LogP contribution in [0, 0.1) is 0 Å². The molecule has 0 aliphatic rings. The highest BCUT2D eigenvalue weighted by Gasteiger charge is 2.25. The van der Waals surface area contributed by atoms with Crippen molar-refractivity contribution in [1.82, 2.24) is 10.0 Å². The van der Waals surface area contributed by atoms with Gasteiger partial charge in [-0.25, -0.2) is 8.42 Å². The summed E-state index contributed by atoms with van der Waals surface area (Å²) in [6.07, 6.45) is 0. The number of nitrogens with one attached hydrogen (secondary N) is 2. The van der Waals surface area contributed by atoms with Crippen LogP contribution in [0.4, 0.5) is 0 Å². The van der Waals surface area contributed by atoms with E-state index in [0.717, 1.165) is 5.56 Å². The molecule has 1 amide bonds. The predicted octanol–water partition coefficient (Wildman–Crippen LogP) is 2.99. The van der Waals surface area contributed by atoms with Gasteiger partial charge in [0.1, 0.15) is 10.6 Å². The van der Waals surface area contributed by atoms with Gasteiger partial charge in [0.05, 0.1) is 13.2 Å². The standard InChI is InChI=1S/C17H18Cl2N2O4S/c1-11(17(22)20-10-12-3-5-13(18)6-4-12)21-26(23,24)16-9-14(19)7-8-15(16)25-2/h3-9,11,21H,10H2,1-2H3,(H,20,22)/t11-/m1/s1. The minimum atomic E-state index is -4.00. The van der Waals surface area contributed by atoms with Crippen LogP contribution in [-0.2, 0) is 21.4 Å². The lowest BCUT2D eigenvalue weighted by molar-refractivity contribution is -0.122. The van der Waals surface area contributed by atoms with Crippen LogP contribution in [-0.4, -0.2) is 27.5 Å². The maximum Gasteiger partial charge on any atom is 0.245 e. The molecule has 0 aromatic heterocycles. The normalized spacial score (nSPS) is 12.5. The van der Waals surface area contributed by atoms with Crippen molar-refractivity contribution in [3.8, 4) is 5.75 Å². The summed E-state index contributed by atoms with van der Waals surface area (Å²) in [5.41, 5.74) is 0.842. The number of benzene rings is 2. The zero-order valence-corrected chi connectivity index (χ0v) is 16.5. The summed E-state index contributed by atoms with van der Waals surface area (Å²) in [5, 5.41) is 3.50. The van der Waals surface area contributed by atoms with Crippen LogP contribution in [0.1, 0.15) is 12.5 Å². The van der Waals surface area contributed by atoms with Gasteiger partial charge in [-0.05, 0) is 42.8 Å². The number of hydrogen-bond acceptors (Lipinski definition) is 4. The average Bonchev–Trinajstić information content (AvgIpc) is 2.60. The van der Waals surface area contributed by atoms with E-state index in [-0.39, 0.29) is 22.2 Å². The molecule has 0 unspecified atom stereocenters. The highest BCUT2D eigenvalue weighted by molar-refractivity contribution is 7.89. The van der Waals surface area contributed by atoms with Crippen LogP contribution >= 0.6 is 23.2 Å². The zero-order chi connectivity index (χ0) is 19.3. The van der Waals surface area contributed by atoms with Crippen LogP contribution in [0.15, 0.2) is 47.4 Å². The number of amides is 1. The molecule has 2 N–H and O–H groups in total. The summed E-state index contributed by atoms with van der Waals surface area (Å²) in [6.45, 7) is 1.70. The third-order valence-electron chi connectivity index (χ3n) is 3.52. The summed E-state index contributed by atoms with van der Waals surface area (Å²) < 4.78 is 32.5. The molecule has 0 spiro atoms. The van der Waals surface area contributed by atoms with Crippen molar-refractivity contribution in [2.75, 3.05) is 7.11 Å². The number of hydrogen-bond donors (Lipinski definition) is 2. The highest BCUT2D eigenvalue weighted by atomic mass is 35.5. The second kappa shape index (κ2) is 8.73. The first-order valence-electron chi connectivity index (χ1n) is 7.61. The molecular formula is C17H18Cl2N2O4S. The van der Waals surface area contributed by atoms with Crippen LogP contribution < -0.4 is 14.8 Å². The molecule has 0 bridgehead atoms. The number of halogens is 2. The molecule has 26 heavy (non-hydrogen) atoms. The lowest BCUT2D eigenvalue weighted by Gasteiger charge is -2.16. The van der Waals surface area contributed by atoms with E-state index < -0.39 is 22.0 Å². The number of methoxy groups -OCH3 is 1. The SMILES string of the molecule is COc1ccc(Cl)cc1S(=O)(=O)N[C@H](C)C(=O)NCc1ccc(Cl)cc1. The maximum atomic E-state index is 12.5. The fourth-order valence-corrected chi connectivity index (χ4v) is 3.92. The molecule has 140 valence electrons. The molecule has 0 fully saturated rings. The van der Waals surface area contributed by atoms with Crippen molar-refractivity contribution in [3.05, 3.63) is 58.1 Å².